The second-order valence-corrected chi connectivity index (χ2v) is 4.81. The van der Waals surface area contributed by atoms with Crippen LogP contribution >= 0.6 is 31.9 Å². The quantitative estimate of drug-likeness (QED) is 0.820. The zero-order valence-corrected chi connectivity index (χ0v) is 11.9. The van der Waals surface area contributed by atoms with Crippen LogP contribution in [0.15, 0.2) is 21.1 Å². The first kappa shape index (κ1) is 13.5. The lowest BCUT2D eigenvalue weighted by Crippen LogP contribution is -2.19. The minimum absolute atomic E-state index is 0.0262. The number of carbonyl (C=O) groups excluding carboxylic acids is 1. The Labute approximate surface area is 111 Å². The van der Waals surface area contributed by atoms with Crippen LogP contribution in [0.25, 0.3) is 0 Å². The van der Waals surface area contributed by atoms with Crippen molar-refractivity contribution in [2.75, 3.05) is 24.3 Å². The number of anilines is 2. The third kappa shape index (κ3) is 3.77. The van der Waals surface area contributed by atoms with Crippen molar-refractivity contribution in [3.63, 3.8) is 0 Å². The highest BCUT2D eigenvalue weighted by Crippen LogP contribution is 2.32. The summed E-state index contributed by atoms with van der Waals surface area (Å²) in [6.45, 7) is 2.36. The van der Waals surface area contributed by atoms with E-state index in [9.17, 15) is 4.79 Å². The summed E-state index contributed by atoms with van der Waals surface area (Å²) in [7, 11) is 0. The molecule has 0 aromatic heterocycles. The molecule has 6 heteroatoms. The Bertz CT molecular complexity index is 373. The van der Waals surface area contributed by atoms with Gasteiger partial charge in [0.2, 0.25) is 5.91 Å². The van der Waals surface area contributed by atoms with Gasteiger partial charge < -0.3 is 15.8 Å². The summed E-state index contributed by atoms with van der Waals surface area (Å²) in [5.74, 6) is -0.225. The van der Waals surface area contributed by atoms with E-state index in [-0.39, 0.29) is 12.5 Å². The summed E-state index contributed by atoms with van der Waals surface area (Å²) < 4.78 is 6.57. The summed E-state index contributed by atoms with van der Waals surface area (Å²) in [5.41, 5.74) is 6.84. The molecule has 0 saturated heterocycles. The van der Waals surface area contributed by atoms with E-state index in [1.165, 1.54) is 0 Å². The standard InChI is InChI=1S/C10H12Br2N2O2/c1-2-16-5-9(15)14-10-7(12)3-6(11)4-8(10)13/h3-4H,2,5,13H2,1H3,(H,14,15). The van der Waals surface area contributed by atoms with Crippen LogP contribution in [0.5, 0.6) is 0 Å². The lowest BCUT2D eigenvalue weighted by molar-refractivity contribution is -0.120. The second kappa shape index (κ2) is 6.22. The lowest BCUT2D eigenvalue weighted by atomic mass is 10.2. The zero-order valence-electron chi connectivity index (χ0n) is 8.72. The molecule has 0 atom stereocenters. The molecule has 3 N–H and O–H groups in total. The number of nitrogens with two attached hydrogens (primary N) is 1. The number of halogens is 2. The van der Waals surface area contributed by atoms with Crippen molar-refractivity contribution in [2.45, 2.75) is 6.92 Å². The number of carbonyl (C=O) groups is 1. The first-order valence-corrected chi connectivity index (χ1v) is 6.25. The Hall–Kier alpha value is -0.590. The van der Waals surface area contributed by atoms with E-state index >= 15 is 0 Å². The summed E-state index contributed by atoms with van der Waals surface area (Å²) in [6, 6.07) is 3.54. The molecule has 0 aliphatic rings. The minimum atomic E-state index is -0.225. The Kier molecular flexibility index (Phi) is 5.24. The van der Waals surface area contributed by atoms with E-state index in [1.807, 2.05) is 13.0 Å². The van der Waals surface area contributed by atoms with Crippen LogP contribution in [0.1, 0.15) is 6.92 Å². The van der Waals surface area contributed by atoms with E-state index < -0.39 is 0 Å². The zero-order chi connectivity index (χ0) is 12.1. The predicted octanol–water partition coefficient (Wildman–Crippen LogP) is 2.77. The SMILES string of the molecule is CCOCC(=O)Nc1c(N)cc(Br)cc1Br. The smallest absolute Gasteiger partial charge is 0.250 e. The summed E-state index contributed by atoms with van der Waals surface area (Å²) in [6.07, 6.45) is 0. The third-order valence-corrected chi connectivity index (χ3v) is 2.87. The van der Waals surface area contributed by atoms with Crippen LogP contribution < -0.4 is 11.1 Å². The van der Waals surface area contributed by atoms with Crippen LogP contribution in [0.4, 0.5) is 11.4 Å². The minimum Gasteiger partial charge on any atom is -0.397 e. The van der Waals surface area contributed by atoms with E-state index in [2.05, 4.69) is 37.2 Å². The van der Waals surface area contributed by atoms with Gasteiger partial charge in [0.25, 0.3) is 0 Å². The maximum Gasteiger partial charge on any atom is 0.250 e. The van der Waals surface area contributed by atoms with Crippen LogP contribution in [0.3, 0.4) is 0 Å². The number of ether oxygens (including phenoxy) is 1. The average molecular weight is 352 g/mol. The molecule has 16 heavy (non-hydrogen) atoms. The number of hydrogen-bond acceptors (Lipinski definition) is 3. The molecule has 1 aromatic carbocycles. The number of benzene rings is 1. The number of nitrogen functional groups attached to an aromatic ring is 1. The highest BCUT2D eigenvalue weighted by Gasteiger charge is 2.09. The molecule has 0 radical (unpaired) electrons. The van der Waals surface area contributed by atoms with Gasteiger partial charge in [0, 0.05) is 15.6 Å². The topological polar surface area (TPSA) is 64.3 Å². The first-order valence-electron chi connectivity index (χ1n) is 4.66. The number of nitrogens with one attached hydrogen (secondary N) is 1. The molecule has 88 valence electrons. The largest absolute Gasteiger partial charge is 0.397 e. The van der Waals surface area contributed by atoms with Crippen molar-refractivity contribution in [1.82, 2.24) is 0 Å². The molecule has 1 rings (SSSR count). The molecule has 0 unspecified atom stereocenters. The fraction of sp³-hybridized carbons (Fsp3) is 0.300. The Morgan fingerprint density at radius 1 is 1.50 bits per heavy atom. The van der Waals surface area contributed by atoms with Gasteiger partial charge >= 0.3 is 0 Å². The highest BCUT2D eigenvalue weighted by atomic mass is 79.9. The van der Waals surface area contributed by atoms with Gasteiger partial charge in [0.05, 0.1) is 11.4 Å². The molecule has 0 heterocycles. The molecule has 0 bridgehead atoms. The van der Waals surface area contributed by atoms with Gasteiger partial charge in [-0.2, -0.15) is 0 Å². The van der Waals surface area contributed by atoms with E-state index in [0.717, 1.165) is 8.95 Å². The Morgan fingerprint density at radius 3 is 2.75 bits per heavy atom. The van der Waals surface area contributed by atoms with Crippen molar-refractivity contribution in [3.05, 3.63) is 21.1 Å². The van der Waals surface area contributed by atoms with Crippen molar-refractivity contribution in [1.29, 1.82) is 0 Å². The Balaban J connectivity index is 2.77. The lowest BCUT2D eigenvalue weighted by Gasteiger charge is -2.10. The second-order valence-electron chi connectivity index (χ2n) is 3.04. The van der Waals surface area contributed by atoms with Crippen molar-refractivity contribution >= 4 is 49.1 Å². The van der Waals surface area contributed by atoms with Crippen LogP contribution in [-0.4, -0.2) is 19.1 Å². The Morgan fingerprint density at radius 2 is 2.19 bits per heavy atom. The van der Waals surface area contributed by atoms with Gasteiger partial charge in [-0.3, -0.25) is 4.79 Å². The predicted molar refractivity (Wildman–Crippen MR) is 71.4 cm³/mol. The molecular formula is C10H12Br2N2O2. The molecule has 1 aromatic rings. The molecule has 0 aliphatic carbocycles. The molecular weight excluding hydrogens is 340 g/mol. The molecule has 0 spiro atoms. The molecule has 0 aliphatic heterocycles. The summed E-state index contributed by atoms with van der Waals surface area (Å²) in [4.78, 5) is 11.4. The van der Waals surface area contributed by atoms with Crippen LogP contribution in [-0.2, 0) is 9.53 Å². The van der Waals surface area contributed by atoms with Crippen molar-refractivity contribution in [2.24, 2.45) is 0 Å². The maximum absolute atomic E-state index is 11.4. The van der Waals surface area contributed by atoms with Crippen molar-refractivity contribution in [3.8, 4) is 0 Å². The third-order valence-electron chi connectivity index (χ3n) is 1.79. The molecule has 0 saturated carbocycles. The molecule has 4 nitrogen and oxygen atoms in total. The summed E-state index contributed by atoms with van der Waals surface area (Å²) in [5, 5.41) is 2.68. The van der Waals surface area contributed by atoms with Gasteiger partial charge in [-0.05, 0) is 35.0 Å². The molecule has 0 fully saturated rings. The van der Waals surface area contributed by atoms with Gasteiger partial charge in [0.1, 0.15) is 6.61 Å². The first-order chi connectivity index (χ1) is 7.54. The number of amides is 1. The van der Waals surface area contributed by atoms with E-state index in [4.69, 9.17) is 10.5 Å². The fourth-order valence-electron chi connectivity index (χ4n) is 1.10. The van der Waals surface area contributed by atoms with Gasteiger partial charge in [-0.25, -0.2) is 0 Å². The summed E-state index contributed by atoms with van der Waals surface area (Å²) >= 11 is 6.64. The average Bonchev–Trinajstić information content (AvgIpc) is 2.20. The fourth-order valence-corrected chi connectivity index (χ4v) is 2.45. The van der Waals surface area contributed by atoms with Gasteiger partial charge in [-0.15, -0.1) is 0 Å². The normalized spacial score (nSPS) is 10.2. The maximum atomic E-state index is 11.4. The van der Waals surface area contributed by atoms with Gasteiger partial charge in [0.15, 0.2) is 0 Å². The monoisotopic (exact) mass is 350 g/mol. The van der Waals surface area contributed by atoms with E-state index in [0.29, 0.717) is 18.0 Å². The van der Waals surface area contributed by atoms with E-state index in [1.54, 1.807) is 6.07 Å². The van der Waals surface area contributed by atoms with Crippen LogP contribution in [0.2, 0.25) is 0 Å². The van der Waals surface area contributed by atoms with Gasteiger partial charge in [-0.1, -0.05) is 15.9 Å². The molecule has 1 amide bonds. The number of hydrogen-bond donors (Lipinski definition) is 2. The van der Waals surface area contributed by atoms with Crippen LogP contribution in [0, 0.1) is 0 Å². The number of rotatable bonds is 4. The highest BCUT2D eigenvalue weighted by molar-refractivity contribution is 9.11. The van der Waals surface area contributed by atoms with Crippen molar-refractivity contribution < 1.29 is 9.53 Å².